The summed E-state index contributed by atoms with van der Waals surface area (Å²) in [5.74, 6) is 0.677. The van der Waals surface area contributed by atoms with E-state index in [2.05, 4.69) is 15.2 Å². The number of ketones is 1. The van der Waals surface area contributed by atoms with Crippen molar-refractivity contribution < 1.29 is 9.59 Å². The zero-order valence-electron chi connectivity index (χ0n) is 11.7. The van der Waals surface area contributed by atoms with Crippen molar-refractivity contribution in [3.05, 3.63) is 34.0 Å². The van der Waals surface area contributed by atoms with Crippen molar-refractivity contribution in [3.8, 4) is 0 Å². The summed E-state index contributed by atoms with van der Waals surface area (Å²) in [5, 5.41) is 8.48. The molecule has 2 aromatic rings. The third-order valence-corrected chi connectivity index (χ3v) is 4.65. The molecule has 1 aliphatic heterocycles. The largest absolute Gasteiger partial charge is 0.328 e. The molecule has 0 radical (unpaired) electrons. The Morgan fingerprint density at radius 1 is 1.43 bits per heavy atom. The van der Waals surface area contributed by atoms with Gasteiger partial charge in [0.1, 0.15) is 12.2 Å². The SMILES string of the molecule is CC(=O)c1csc(C(=O)N2CCCC[C@@H]2c2ncn[nH]2)c1. The van der Waals surface area contributed by atoms with E-state index in [0.29, 0.717) is 17.0 Å². The number of H-pyrrole nitrogens is 1. The molecule has 3 rings (SSSR count). The Labute approximate surface area is 126 Å². The number of rotatable bonds is 3. The van der Waals surface area contributed by atoms with E-state index in [0.717, 1.165) is 25.1 Å². The first-order chi connectivity index (χ1) is 10.2. The average Bonchev–Trinajstić information content (AvgIpc) is 3.18. The summed E-state index contributed by atoms with van der Waals surface area (Å²) in [6, 6.07) is 1.62. The summed E-state index contributed by atoms with van der Waals surface area (Å²) in [6.07, 6.45) is 4.40. The molecule has 0 aromatic carbocycles. The number of nitrogens with zero attached hydrogens (tertiary/aromatic N) is 3. The van der Waals surface area contributed by atoms with Crippen molar-refractivity contribution in [2.24, 2.45) is 0 Å². The van der Waals surface area contributed by atoms with E-state index in [1.165, 1.54) is 24.6 Å². The zero-order chi connectivity index (χ0) is 14.8. The summed E-state index contributed by atoms with van der Waals surface area (Å²) in [7, 11) is 0. The molecule has 1 aliphatic rings. The van der Waals surface area contributed by atoms with E-state index in [1.807, 2.05) is 4.90 Å². The van der Waals surface area contributed by atoms with Crippen molar-refractivity contribution >= 4 is 23.0 Å². The molecule has 21 heavy (non-hydrogen) atoms. The Balaban J connectivity index is 1.85. The third kappa shape index (κ3) is 2.73. The van der Waals surface area contributed by atoms with Gasteiger partial charge in [-0.3, -0.25) is 14.7 Å². The molecular formula is C14H16N4O2S. The van der Waals surface area contributed by atoms with E-state index in [9.17, 15) is 9.59 Å². The highest BCUT2D eigenvalue weighted by Crippen LogP contribution is 2.31. The second-order valence-electron chi connectivity index (χ2n) is 5.14. The molecule has 1 amide bonds. The highest BCUT2D eigenvalue weighted by molar-refractivity contribution is 7.12. The van der Waals surface area contributed by atoms with Crippen LogP contribution in [0.3, 0.4) is 0 Å². The van der Waals surface area contributed by atoms with E-state index >= 15 is 0 Å². The Kier molecular flexibility index (Phi) is 3.83. The van der Waals surface area contributed by atoms with Gasteiger partial charge in [0.15, 0.2) is 5.78 Å². The summed E-state index contributed by atoms with van der Waals surface area (Å²) >= 11 is 1.32. The molecule has 110 valence electrons. The van der Waals surface area contributed by atoms with Crippen molar-refractivity contribution in [1.82, 2.24) is 20.1 Å². The minimum absolute atomic E-state index is 0.0178. The number of amides is 1. The fraction of sp³-hybridized carbons (Fsp3) is 0.429. The summed E-state index contributed by atoms with van der Waals surface area (Å²) in [4.78, 5) is 30.7. The van der Waals surface area contributed by atoms with Crippen molar-refractivity contribution in [3.63, 3.8) is 0 Å². The minimum atomic E-state index is -0.0587. The lowest BCUT2D eigenvalue weighted by Gasteiger charge is -2.34. The smallest absolute Gasteiger partial charge is 0.264 e. The molecule has 7 heteroatoms. The lowest BCUT2D eigenvalue weighted by Crippen LogP contribution is -2.38. The van der Waals surface area contributed by atoms with Gasteiger partial charge in [0.05, 0.1) is 10.9 Å². The van der Waals surface area contributed by atoms with Gasteiger partial charge in [-0.05, 0) is 32.3 Å². The van der Waals surface area contributed by atoms with Crippen LogP contribution in [0.5, 0.6) is 0 Å². The number of Topliss-reactive ketones (excluding diaryl/α,β-unsaturated/α-hetero) is 1. The van der Waals surface area contributed by atoms with Crippen LogP contribution in [0, 0.1) is 0 Å². The number of thiophene rings is 1. The van der Waals surface area contributed by atoms with Crippen LogP contribution in [0.25, 0.3) is 0 Å². The topological polar surface area (TPSA) is 79.0 Å². The van der Waals surface area contributed by atoms with E-state index < -0.39 is 0 Å². The summed E-state index contributed by atoms with van der Waals surface area (Å²) in [5.41, 5.74) is 0.594. The monoisotopic (exact) mass is 304 g/mol. The fourth-order valence-corrected chi connectivity index (χ4v) is 3.51. The Morgan fingerprint density at radius 2 is 2.29 bits per heavy atom. The van der Waals surface area contributed by atoms with Gasteiger partial charge in [-0.15, -0.1) is 11.3 Å². The third-order valence-electron chi connectivity index (χ3n) is 3.73. The number of hydrogen-bond acceptors (Lipinski definition) is 5. The van der Waals surface area contributed by atoms with Gasteiger partial charge in [-0.25, -0.2) is 4.98 Å². The first kappa shape index (κ1) is 13.9. The molecule has 1 fully saturated rings. The van der Waals surface area contributed by atoms with Crippen LogP contribution in [-0.2, 0) is 0 Å². The number of aromatic nitrogens is 3. The molecule has 1 atom stereocenters. The molecule has 1 saturated heterocycles. The van der Waals surface area contributed by atoms with Crippen molar-refractivity contribution in [2.75, 3.05) is 6.54 Å². The predicted octanol–water partition coefficient (Wildman–Crippen LogP) is 2.44. The highest BCUT2D eigenvalue weighted by Gasteiger charge is 2.31. The molecule has 0 unspecified atom stereocenters. The Hall–Kier alpha value is -2.02. The van der Waals surface area contributed by atoms with E-state index in [4.69, 9.17) is 0 Å². The molecule has 1 N–H and O–H groups in total. The first-order valence-corrected chi connectivity index (χ1v) is 7.80. The Morgan fingerprint density at radius 3 is 2.95 bits per heavy atom. The Bertz CT molecular complexity index is 650. The maximum absolute atomic E-state index is 12.7. The average molecular weight is 304 g/mol. The molecule has 0 bridgehead atoms. The van der Waals surface area contributed by atoms with Crippen LogP contribution in [0.2, 0.25) is 0 Å². The number of carbonyl (C=O) groups is 2. The van der Waals surface area contributed by atoms with Crippen LogP contribution in [0.15, 0.2) is 17.8 Å². The molecular weight excluding hydrogens is 288 g/mol. The van der Waals surface area contributed by atoms with Crippen LogP contribution in [0.1, 0.15) is 58.1 Å². The molecule has 2 aromatic heterocycles. The van der Waals surface area contributed by atoms with Gasteiger partial charge in [0.2, 0.25) is 0 Å². The lowest BCUT2D eigenvalue weighted by atomic mass is 10.0. The lowest BCUT2D eigenvalue weighted by molar-refractivity contribution is 0.0605. The number of carbonyl (C=O) groups excluding carboxylic acids is 2. The van der Waals surface area contributed by atoms with Gasteiger partial charge >= 0.3 is 0 Å². The van der Waals surface area contributed by atoms with Crippen LogP contribution >= 0.6 is 11.3 Å². The van der Waals surface area contributed by atoms with Crippen molar-refractivity contribution in [1.29, 1.82) is 0 Å². The highest BCUT2D eigenvalue weighted by atomic mass is 32.1. The molecule has 3 heterocycles. The number of likely N-dealkylation sites (tertiary alicyclic amines) is 1. The van der Waals surface area contributed by atoms with Crippen LogP contribution in [-0.4, -0.2) is 38.3 Å². The van der Waals surface area contributed by atoms with E-state index in [-0.39, 0.29) is 17.7 Å². The normalized spacial score (nSPS) is 18.7. The van der Waals surface area contributed by atoms with E-state index in [1.54, 1.807) is 11.4 Å². The zero-order valence-corrected chi connectivity index (χ0v) is 12.5. The summed E-state index contributed by atoms with van der Waals surface area (Å²) < 4.78 is 0. The first-order valence-electron chi connectivity index (χ1n) is 6.92. The standard InChI is InChI=1S/C14H16N4O2S/c1-9(19)10-6-12(21-7-10)14(20)18-5-3-2-4-11(18)13-15-8-16-17-13/h6-8,11H,2-5H2,1H3,(H,15,16,17)/t11-/m1/s1. The van der Waals surface area contributed by atoms with Gasteiger partial charge in [0.25, 0.3) is 5.91 Å². The predicted molar refractivity (Wildman–Crippen MR) is 78.3 cm³/mol. The second-order valence-corrected chi connectivity index (χ2v) is 6.05. The number of piperidine rings is 1. The fourth-order valence-electron chi connectivity index (χ4n) is 2.61. The number of aromatic amines is 1. The van der Waals surface area contributed by atoms with Crippen molar-refractivity contribution in [2.45, 2.75) is 32.2 Å². The number of nitrogens with one attached hydrogen (secondary N) is 1. The molecule has 0 saturated carbocycles. The van der Waals surface area contributed by atoms with Gasteiger partial charge < -0.3 is 4.90 Å². The van der Waals surface area contributed by atoms with Crippen LogP contribution < -0.4 is 0 Å². The van der Waals surface area contributed by atoms with Gasteiger partial charge in [-0.2, -0.15) is 5.10 Å². The van der Waals surface area contributed by atoms with Gasteiger partial charge in [-0.1, -0.05) is 0 Å². The number of hydrogen-bond donors (Lipinski definition) is 1. The molecule has 0 spiro atoms. The maximum atomic E-state index is 12.7. The molecule has 0 aliphatic carbocycles. The maximum Gasteiger partial charge on any atom is 0.264 e. The van der Waals surface area contributed by atoms with Gasteiger partial charge in [0, 0.05) is 17.5 Å². The van der Waals surface area contributed by atoms with Crippen LogP contribution in [0.4, 0.5) is 0 Å². The minimum Gasteiger partial charge on any atom is -0.328 e. The quantitative estimate of drug-likeness (QED) is 0.883. The second kappa shape index (κ2) is 5.77. The summed E-state index contributed by atoms with van der Waals surface area (Å²) in [6.45, 7) is 2.21. The molecule has 6 nitrogen and oxygen atoms in total.